The third kappa shape index (κ3) is 2.80. The van der Waals surface area contributed by atoms with Gasteiger partial charge < -0.3 is 14.0 Å². The molecule has 0 aliphatic carbocycles. The first-order valence-corrected chi connectivity index (χ1v) is 7.54. The molecule has 0 amide bonds. The summed E-state index contributed by atoms with van der Waals surface area (Å²) in [5, 5.41) is 1.25. The molecule has 0 unspecified atom stereocenters. The van der Waals surface area contributed by atoms with Crippen molar-refractivity contribution in [1.82, 2.24) is 4.57 Å². The topological polar surface area (TPSA) is 23.4 Å². The number of fused-ring (bicyclic) bond motifs is 1. The molecule has 0 spiro atoms. The zero-order valence-corrected chi connectivity index (χ0v) is 13.2. The Morgan fingerprint density at radius 3 is 2.50 bits per heavy atom. The average Bonchev–Trinajstić information content (AvgIpc) is 2.91. The van der Waals surface area contributed by atoms with Crippen LogP contribution in [0.2, 0.25) is 0 Å². The predicted octanol–water partition coefficient (Wildman–Crippen LogP) is 4.81. The fourth-order valence-electron chi connectivity index (χ4n) is 2.80. The number of hydrogen-bond donors (Lipinski definition) is 0. The fraction of sp³-hybridized carbons (Fsp3) is 0.263. The van der Waals surface area contributed by atoms with Crippen LogP contribution in [0.1, 0.15) is 25.6 Å². The van der Waals surface area contributed by atoms with Gasteiger partial charge in [0.15, 0.2) is 0 Å². The maximum absolute atomic E-state index is 5.95. The molecule has 0 fully saturated rings. The summed E-state index contributed by atoms with van der Waals surface area (Å²) in [6.45, 7) is 4.93. The van der Waals surface area contributed by atoms with Crippen molar-refractivity contribution in [3.05, 3.63) is 60.3 Å². The van der Waals surface area contributed by atoms with E-state index >= 15 is 0 Å². The summed E-state index contributed by atoms with van der Waals surface area (Å²) >= 11 is 0. The van der Waals surface area contributed by atoms with E-state index in [0.29, 0.717) is 12.6 Å². The van der Waals surface area contributed by atoms with E-state index in [1.165, 1.54) is 16.6 Å². The van der Waals surface area contributed by atoms with Gasteiger partial charge in [0.25, 0.3) is 0 Å². The molecule has 3 aromatic rings. The van der Waals surface area contributed by atoms with E-state index in [9.17, 15) is 0 Å². The van der Waals surface area contributed by atoms with Crippen LogP contribution in [0.3, 0.4) is 0 Å². The van der Waals surface area contributed by atoms with Gasteiger partial charge in [0.2, 0.25) is 0 Å². The minimum atomic E-state index is 0.392. The van der Waals surface area contributed by atoms with Gasteiger partial charge in [-0.2, -0.15) is 0 Å². The normalized spacial score (nSPS) is 11.1. The summed E-state index contributed by atoms with van der Waals surface area (Å²) in [5.41, 5.74) is 2.43. The Morgan fingerprint density at radius 2 is 1.73 bits per heavy atom. The first kappa shape index (κ1) is 14.5. The molecule has 3 heteroatoms. The number of methoxy groups -OCH3 is 1. The van der Waals surface area contributed by atoms with Gasteiger partial charge in [-0.25, -0.2) is 0 Å². The first-order chi connectivity index (χ1) is 10.7. The maximum Gasteiger partial charge on any atom is 0.128 e. The van der Waals surface area contributed by atoms with Crippen LogP contribution >= 0.6 is 0 Å². The quantitative estimate of drug-likeness (QED) is 0.674. The third-order valence-corrected chi connectivity index (χ3v) is 3.77. The molecule has 0 aliphatic rings. The molecule has 0 saturated carbocycles. The molecule has 0 saturated heterocycles. The van der Waals surface area contributed by atoms with Crippen LogP contribution in [0.4, 0.5) is 0 Å². The highest BCUT2D eigenvalue weighted by atomic mass is 16.5. The Kier molecular flexibility index (Phi) is 4.05. The van der Waals surface area contributed by atoms with Crippen LogP contribution in [0.15, 0.2) is 54.6 Å². The second-order valence-electron chi connectivity index (χ2n) is 5.63. The van der Waals surface area contributed by atoms with Crippen LogP contribution < -0.4 is 9.47 Å². The molecular formula is C19H21NO2. The second-order valence-corrected chi connectivity index (χ2v) is 5.63. The van der Waals surface area contributed by atoms with Gasteiger partial charge in [-0.1, -0.05) is 24.3 Å². The highest BCUT2D eigenvalue weighted by molar-refractivity contribution is 5.81. The Hall–Kier alpha value is -2.42. The van der Waals surface area contributed by atoms with E-state index in [4.69, 9.17) is 9.47 Å². The van der Waals surface area contributed by atoms with Crippen molar-refractivity contribution in [1.29, 1.82) is 0 Å². The molecule has 114 valence electrons. The minimum absolute atomic E-state index is 0.392. The van der Waals surface area contributed by atoms with Crippen molar-refractivity contribution >= 4 is 10.9 Å². The van der Waals surface area contributed by atoms with E-state index in [0.717, 1.165) is 11.5 Å². The lowest BCUT2D eigenvalue weighted by molar-refractivity contribution is 0.291. The summed E-state index contributed by atoms with van der Waals surface area (Å²) in [7, 11) is 1.66. The lowest BCUT2D eigenvalue weighted by Gasteiger charge is -2.15. The van der Waals surface area contributed by atoms with Crippen LogP contribution in [0.5, 0.6) is 11.5 Å². The van der Waals surface area contributed by atoms with Crippen molar-refractivity contribution in [3.8, 4) is 11.5 Å². The van der Waals surface area contributed by atoms with Crippen molar-refractivity contribution in [2.24, 2.45) is 0 Å². The molecule has 0 aliphatic heterocycles. The Morgan fingerprint density at radius 1 is 0.955 bits per heavy atom. The van der Waals surface area contributed by atoms with Crippen molar-refractivity contribution in [3.63, 3.8) is 0 Å². The highest BCUT2D eigenvalue weighted by Crippen LogP contribution is 2.26. The predicted molar refractivity (Wildman–Crippen MR) is 89.6 cm³/mol. The molecule has 1 aromatic heterocycles. The van der Waals surface area contributed by atoms with Gasteiger partial charge in [0, 0.05) is 17.6 Å². The van der Waals surface area contributed by atoms with Gasteiger partial charge in [0.05, 0.1) is 12.8 Å². The zero-order valence-electron chi connectivity index (χ0n) is 13.2. The van der Waals surface area contributed by atoms with Crippen LogP contribution in [0.25, 0.3) is 10.9 Å². The van der Waals surface area contributed by atoms with E-state index in [-0.39, 0.29) is 0 Å². The van der Waals surface area contributed by atoms with Crippen molar-refractivity contribution < 1.29 is 9.47 Å². The number of hydrogen-bond acceptors (Lipinski definition) is 2. The van der Waals surface area contributed by atoms with Crippen LogP contribution in [-0.4, -0.2) is 11.7 Å². The molecule has 3 rings (SSSR count). The number of rotatable bonds is 5. The largest absolute Gasteiger partial charge is 0.497 e. The Balaban J connectivity index is 1.88. The second kappa shape index (κ2) is 6.14. The Labute approximate surface area is 131 Å². The van der Waals surface area contributed by atoms with Gasteiger partial charge in [0.1, 0.15) is 18.1 Å². The number of benzene rings is 2. The molecule has 0 N–H and O–H groups in total. The van der Waals surface area contributed by atoms with E-state index in [1.807, 2.05) is 24.3 Å². The Bertz CT molecular complexity index is 774. The molecule has 0 radical (unpaired) electrons. The van der Waals surface area contributed by atoms with Crippen LogP contribution in [0, 0.1) is 0 Å². The molecule has 1 heterocycles. The van der Waals surface area contributed by atoms with Crippen LogP contribution in [-0.2, 0) is 6.61 Å². The molecule has 3 nitrogen and oxygen atoms in total. The smallest absolute Gasteiger partial charge is 0.128 e. The number of ether oxygens (including phenoxy) is 2. The van der Waals surface area contributed by atoms with E-state index < -0.39 is 0 Å². The lowest BCUT2D eigenvalue weighted by Crippen LogP contribution is -2.08. The van der Waals surface area contributed by atoms with Gasteiger partial charge >= 0.3 is 0 Å². The SMILES string of the molecule is COc1cccc(OCc2cc3ccccc3n2C(C)C)c1. The summed E-state index contributed by atoms with van der Waals surface area (Å²) in [6.07, 6.45) is 0. The number of nitrogens with zero attached hydrogens (tertiary/aromatic N) is 1. The van der Waals surface area contributed by atoms with Crippen molar-refractivity contribution in [2.75, 3.05) is 7.11 Å². The first-order valence-electron chi connectivity index (χ1n) is 7.54. The zero-order chi connectivity index (χ0) is 15.5. The molecule has 0 atom stereocenters. The average molecular weight is 295 g/mol. The van der Waals surface area contributed by atoms with Gasteiger partial charge in [-0.15, -0.1) is 0 Å². The van der Waals surface area contributed by atoms with Gasteiger partial charge in [-0.05, 0) is 43.5 Å². The number of aromatic nitrogens is 1. The molecule has 0 bridgehead atoms. The monoisotopic (exact) mass is 295 g/mol. The van der Waals surface area contributed by atoms with E-state index in [1.54, 1.807) is 7.11 Å². The standard InChI is InChI=1S/C19H21NO2/c1-14(2)20-16(11-15-7-4-5-10-19(15)20)13-22-18-9-6-8-17(12-18)21-3/h4-12,14H,13H2,1-3H3. The minimum Gasteiger partial charge on any atom is -0.497 e. The highest BCUT2D eigenvalue weighted by Gasteiger charge is 2.11. The molecule has 2 aromatic carbocycles. The summed E-state index contributed by atoms with van der Waals surface area (Å²) in [5.74, 6) is 1.63. The fourth-order valence-corrected chi connectivity index (χ4v) is 2.80. The van der Waals surface area contributed by atoms with E-state index in [2.05, 4.69) is 48.7 Å². The summed E-state index contributed by atoms with van der Waals surface area (Å²) in [6, 6.07) is 18.7. The lowest BCUT2D eigenvalue weighted by atomic mass is 10.2. The van der Waals surface area contributed by atoms with Crippen molar-refractivity contribution in [2.45, 2.75) is 26.5 Å². The third-order valence-electron chi connectivity index (χ3n) is 3.77. The summed E-state index contributed by atoms with van der Waals surface area (Å²) in [4.78, 5) is 0. The summed E-state index contributed by atoms with van der Waals surface area (Å²) < 4.78 is 13.5. The maximum atomic E-state index is 5.95. The van der Waals surface area contributed by atoms with Gasteiger partial charge in [-0.3, -0.25) is 0 Å². The molecule has 22 heavy (non-hydrogen) atoms. The molecular weight excluding hydrogens is 274 g/mol. The number of para-hydroxylation sites is 1.